The molecule has 1 saturated heterocycles. The van der Waals surface area contributed by atoms with E-state index in [1.807, 2.05) is 0 Å². The summed E-state index contributed by atoms with van der Waals surface area (Å²) in [5, 5.41) is 3.62. The fourth-order valence-electron chi connectivity index (χ4n) is 3.12. The van der Waals surface area contributed by atoms with Gasteiger partial charge in [0.2, 0.25) is 0 Å². The van der Waals surface area contributed by atoms with Crippen molar-refractivity contribution in [3.8, 4) is 0 Å². The van der Waals surface area contributed by atoms with Crippen molar-refractivity contribution < 1.29 is 0 Å². The molecule has 2 unspecified atom stereocenters. The van der Waals surface area contributed by atoms with E-state index in [1.54, 1.807) is 0 Å². The molecule has 1 heterocycles. The molecule has 0 amide bonds. The first-order valence-electron chi connectivity index (χ1n) is 6.89. The fraction of sp³-hybridized carbons (Fsp3) is 1.00. The second-order valence-corrected chi connectivity index (χ2v) is 5.67. The molecular formula is C13H25ClN2. The Morgan fingerprint density at radius 2 is 1.81 bits per heavy atom. The molecule has 1 aliphatic heterocycles. The molecule has 2 atom stereocenters. The van der Waals surface area contributed by atoms with Gasteiger partial charge in [-0.1, -0.05) is 6.42 Å². The van der Waals surface area contributed by atoms with Crippen LogP contribution in [0.4, 0.5) is 0 Å². The molecule has 0 bridgehead atoms. The summed E-state index contributed by atoms with van der Waals surface area (Å²) in [6, 6.07) is 0. The van der Waals surface area contributed by atoms with Crippen molar-refractivity contribution in [3.63, 3.8) is 0 Å². The van der Waals surface area contributed by atoms with Gasteiger partial charge >= 0.3 is 0 Å². The maximum Gasteiger partial charge on any atom is 0.0254 e. The molecule has 0 radical (unpaired) electrons. The molecule has 94 valence electrons. The lowest BCUT2D eigenvalue weighted by Crippen LogP contribution is -2.33. The van der Waals surface area contributed by atoms with E-state index >= 15 is 0 Å². The minimum atomic E-state index is 0.779. The molecule has 0 aromatic rings. The molecule has 16 heavy (non-hydrogen) atoms. The van der Waals surface area contributed by atoms with Gasteiger partial charge in [0.05, 0.1) is 0 Å². The lowest BCUT2D eigenvalue weighted by Gasteiger charge is -2.19. The van der Waals surface area contributed by atoms with Gasteiger partial charge in [0.1, 0.15) is 0 Å². The van der Waals surface area contributed by atoms with Gasteiger partial charge in [-0.2, -0.15) is 0 Å². The summed E-state index contributed by atoms with van der Waals surface area (Å²) < 4.78 is 0. The average Bonchev–Trinajstić information content (AvgIpc) is 2.95. The normalized spacial score (nSPS) is 31.3. The van der Waals surface area contributed by atoms with Crippen LogP contribution in [-0.2, 0) is 0 Å². The first-order chi connectivity index (χ1) is 7.90. The molecule has 1 N–H and O–H groups in total. The Bertz CT molecular complexity index is 192. The van der Waals surface area contributed by atoms with E-state index in [0.717, 1.165) is 24.3 Å². The highest BCUT2D eigenvalue weighted by Crippen LogP contribution is 2.31. The largest absolute Gasteiger partial charge is 0.315 e. The number of likely N-dealkylation sites (tertiary alicyclic amines) is 1. The van der Waals surface area contributed by atoms with Crippen molar-refractivity contribution >= 4 is 11.6 Å². The topological polar surface area (TPSA) is 15.3 Å². The highest BCUT2D eigenvalue weighted by atomic mass is 35.5. The molecule has 3 heteroatoms. The fourth-order valence-corrected chi connectivity index (χ4v) is 3.52. The van der Waals surface area contributed by atoms with Crippen LogP contribution in [0, 0.1) is 11.8 Å². The molecule has 0 aromatic heterocycles. The lowest BCUT2D eigenvalue weighted by molar-refractivity contribution is 0.322. The van der Waals surface area contributed by atoms with Crippen molar-refractivity contribution in [2.45, 2.75) is 32.1 Å². The van der Waals surface area contributed by atoms with E-state index in [2.05, 4.69) is 10.2 Å². The van der Waals surface area contributed by atoms with Crippen LogP contribution in [0.25, 0.3) is 0 Å². The molecule has 2 aliphatic rings. The Kier molecular flexibility index (Phi) is 5.40. The minimum absolute atomic E-state index is 0.779. The molecule has 2 rings (SSSR count). The van der Waals surface area contributed by atoms with Gasteiger partial charge in [-0.15, -0.1) is 11.6 Å². The van der Waals surface area contributed by atoms with E-state index in [0.29, 0.717) is 0 Å². The van der Waals surface area contributed by atoms with Crippen LogP contribution < -0.4 is 5.32 Å². The summed E-state index contributed by atoms with van der Waals surface area (Å²) in [5.41, 5.74) is 0. The Morgan fingerprint density at radius 1 is 1.06 bits per heavy atom. The van der Waals surface area contributed by atoms with Crippen LogP contribution in [0.15, 0.2) is 0 Å². The van der Waals surface area contributed by atoms with Crippen LogP contribution in [0.3, 0.4) is 0 Å². The Hall–Kier alpha value is 0.210. The van der Waals surface area contributed by atoms with Gasteiger partial charge in [0.15, 0.2) is 0 Å². The van der Waals surface area contributed by atoms with Crippen molar-refractivity contribution in [2.75, 3.05) is 38.6 Å². The predicted octanol–water partition coefficient (Wildman–Crippen LogP) is 2.33. The van der Waals surface area contributed by atoms with Gasteiger partial charge in [-0.25, -0.2) is 0 Å². The number of hydrogen-bond acceptors (Lipinski definition) is 2. The minimum Gasteiger partial charge on any atom is -0.315 e. The summed E-state index contributed by atoms with van der Waals surface area (Å²) in [7, 11) is 0. The first-order valence-corrected chi connectivity index (χ1v) is 7.42. The van der Waals surface area contributed by atoms with Crippen molar-refractivity contribution in [1.82, 2.24) is 10.2 Å². The summed E-state index contributed by atoms with van der Waals surface area (Å²) in [4.78, 5) is 2.57. The van der Waals surface area contributed by atoms with Crippen LogP contribution >= 0.6 is 11.6 Å². The number of nitrogens with zero attached hydrogens (tertiary/aromatic N) is 1. The summed E-state index contributed by atoms with van der Waals surface area (Å²) in [5.74, 6) is 2.48. The zero-order valence-corrected chi connectivity index (χ0v) is 11.0. The van der Waals surface area contributed by atoms with E-state index < -0.39 is 0 Å². The summed E-state index contributed by atoms with van der Waals surface area (Å²) in [6.45, 7) is 6.21. The molecule has 2 fully saturated rings. The molecule has 1 saturated carbocycles. The zero-order valence-electron chi connectivity index (χ0n) is 10.3. The van der Waals surface area contributed by atoms with Crippen molar-refractivity contribution in [1.29, 1.82) is 0 Å². The second-order valence-electron chi connectivity index (χ2n) is 5.36. The van der Waals surface area contributed by atoms with Crippen molar-refractivity contribution in [2.24, 2.45) is 11.8 Å². The van der Waals surface area contributed by atoms with E-state index in [-0.39, 0.29) is 0 Å². The third-order valence-corrected chi connectivity index (χ3v) is 4.62. The van der Waals surface area contributed by atoms with Crippen LogP contribution in [0.2, 0.25) is 0 Å². The average molecular weight is 245 g/mol. The van der Waals surface area contributed by atoms with Gasteiger partial charge in [0.25, 0.3) is 0 Å². The summed E-state index contributed by atoms with van der Waals surface area (Å²) >= 11 is 5.98. The number of halogens is 1. The number of nitrogens with one attached hydrogen (secondary N) is 1. The smallest absolute Gasteiger partial charge is 0.0254 e. The Balaban J connectivity index is 1.53. The quantitative estimate of drug-likeness (QED) is 0.570. The molecule has 1 aliphatic carbocycles. The zero-order chi connectivity index (χ0) is 11.2. The molecule has 0 spiro atoms. The third-order valence-electron chi connectivity index (χ3n) is 4.22. The van der Waals surface area contributed by atoms with E-state index in [1.165, 1.54) is 58.3 Å². The van der Waals surface area contributed by atoms with Gasteiger partial charge in [-0.3, -0.25) is 0 Å². The standard InChI is InChI=1S/C13H25ClN2/c14-10-12-4-3-5-13(12)11-15-6-9-16-7-1-2-8-16/h12-13,15H,1-11H2. The summed E-state index contributed by atoms with van der Waals surface area (Å²) in [6.07, 6.45) is 6.92. The van der Waals surface area contributed by atoms with Gasteiger partial charge < -0.3 is 10.2 Å². The molecular weight excluding hydrogens is 220 g/mol. The Morgan fingerprint density at radius 3 is 2.56 bits per heavy atom. The molecule has 2 nitrogen and oxygen atoms in total. The van der Waals surface area contributed by atoms with Gasteiger partial charge in [-0.05, 0) is 57.2 Å². The highest BCUT2D eigenvalue weighted by Gasteiger charge is 2.25. The SMILES string of the molecule is ClCC1CCCC1CNCCN1CCCC1. The second kappa shape index (κ2) is 6.83. The third kappa shape index (κ3) is 3.61. The van der Waals surface area contributed by atoms with Crippen LogP contribution in [-0.4, -0.2) is 43.5 Å². The van der Waals surface area contributed by atoms with Crippen molar-refractivity contribution in [3.05, 3.63) is 0 Å². The highest BCUT2D eigenvalue weighted by molar-refractivity contribution is 6.18. The first kappa shape index (κ1) is 12.7. The maximum absolute atomic E-state index is 5.98. The number of rotatable bonds is 6. The maximum atomic E-state index is 5.98. The monoisotopic (exact) mass is 244 g/mol. The molecule has 0 aromatic carbocycles. The Labute approximate surface area is 105 Å². The van der Waals surface area contributed by atoms with E-state index in [4.69, 9.17) is 11.6 Å². The number of alkyl halides is 1. The van der Waals surface area contributed by atoms with E-state index in [9.17, 15) is 0 Å². The lowest BCUT2D eigenvalue weighted by atomic mass is 9.98. The van der Waals surface area contributed by atoms with Crippen LogP contribution in [0.1, 0.15) is 32.1 Å². The predicted molar refractivity (Wildman–Crippen MR) is 70.1 cm³/mol. The van der Waals surface area contributed by atoms with Gasteiger partial charge in [0, 0.05) is 19.0 Å². The number of hydrogen-bond donors (Lipinski definition) is 1. The van der Waals surface area contributed by atoms with Crippen LogP contribution in [0.5, 0.6) is 0 Å².